The molecule has 2 atom stereocenters. The largest absolute Gasteiger partial charge is 0.208 e. The summed E-state index contributed by atoms with van der Waals surface area (Å²) in [7, 11) is 0. The molecule has 13 aromatic carbocycles. The van der Waals surface area contributed by atoms with E-state index in [9.17, 15) is 0 Å². The summed E-state index contributed by atoms with van der Waals surface area (Å²) < 4.78 is 0. The molecule has 0 amide bonds. The summed E-state index contributed by atoms with van der Waals surface area (Å²) >= 11 is 0. The molecule has 20 rings (SSSR count). The Bertz CT molecular complexity index is 5400. The van der Waals surface area contributed by atoms with Gasteiger partial charge in [-0.2, -0.15) is 0 Å². The van der Waals surface area contributed by atoms with E-state index in [2.05, 4.69) is 295 Å². The summed E-state index contributed by atoms with van der Waals surface area (Å²) in [4.78, 5) is 31.6. The molecular formula is C92H64N6. The number of hydrogen-bond acceptors (Lipinski definition) is 6. The fourth-order valence-corrected chi connectivity index (χ4v) is 16.7. The SMILES string of the molecule is CC1(C)c2ccccc2-c2c(-c3ccccc3-c3nc(-c4ccccc4)nc(-c4ccc(-c5ccc6c(c5)C5c7ccccc7C6c6cc(-c7ccc(-c8nc(-c9ccccc9)nc(-c9ccccc9-c9cccc%10c9-c9ccccc9C%10(C)C)n8)cc7)ccc65)cc4)n3)cccc21. The second kappa shape index (κ2) is 22.2. The fourth-order valence-electron chi connectivity index (χ4n) is 16.7. The predicted octanol–water partition coefficient (Wildman–Crippen LogP) is 22.3. The van der Waals surface area contributed by atoms with Gasteiger partial charge in [-0.25, -0.2) is 29.9 Å². The molecule has 2 unspecified atom stereocenters. The van der Waals surface area contributed by atoms with Gasteiger partial charge < -0.3 is 0 Å². The first kappa shape index (κ1) is 57.3. The van der Waals surface area contributed by atoms with Gasteiger partial charge in [0.2, 0.25) is 0 Å². The van der Waals surface area contributed by atoms with Crippen LogP contribution in [0.25, 0.3) is 135 Å². The van der Waals surface area contributed by atoms with Gasteiger partial charge in [0, 0.05) is 56.0 Å². The maximum Gasteiger partial charge on any atom is 0.164 e. The van der Waals surface area contributed by atoms with Gasteiger partial charge in [0.25, 0.3) is 0 Å². The third-order valence-corrected chi connectivity index (χ3v) is 21.5. The Morgan fingerprint density at radius 3 is 0.867 bits per heavy atom. The Labute approximate surface area is 570 Å². The molecule has 5 aliphatic carbocycles. The van der Waals surface area contributed by atoms with Crippen LogP contribution in [0.15, 0.2) is 303 Å². The van der Waals surface area contributed by atoms with Crippen LogP contribution < -0.4 is 0 Å². The molecule has 0 N–H and O–H groups in total. The lowest BCUT2D eigenvalue weighted by Gasteiger charge is -2.42. The molecule has 0 fully saturated rings. The summed E-state index contributed by atoms with van der Waals surface area (Å²) in [6.45, 7) is 9.33. The highest BCUT2D eigenvalue weighted by Crippen LogP contribution is 2.58. The van der Waals surface area contributed by atoms with Gasteiger partial charge in [-0.3, -0.25) is 0 Å². The average molecular weight is 1250 g/mol. The Kier molecular flexibility index (Phi) is 13.0. The molecule has 0 radical (unpaired) electrons. The standard InChI is InChI=1S/C92H64N6/c1-91(2)77-37-19-17-33-73(77)83-65(35-21-39-79(83)91)63-27-11-15-31-71(63)89-95-85(57-23-7-5-8-24-57)93-87(97-89)59-45-41-55(42-46-59)61-49-51-69-75(53-61)81-67-29-13-14-30-68(67)82(69)76-54-62(50-52-70(76)81)56-43-47-60(48-44-56)88-94-86(58-25-9-6-10-26-58)96-90(98-88)72-32-16-12-28-64(72)66-36-22-40-80-84(66)74-34-18-20-38-78(74)92(80,3)4/h5-54,81-82H,1-4H3. The molecule has 462 valence electrons. The summed E-state index contributed by atoms with van der Waals surface area (Å²) in [5.74, 6) is 3.96. The molecule has 6 heteroatoms. The van der Waals surface area contributed by atoms with Crippen LogP contribution in [0.5, 0.6) is 0 Å². The second-order valence-corrected chi connectivity index (χ2v) is 27.6. The van der Waals surface area contributed by atoms with Crippen LogP contribution in [0.1, 0.15) is 95.2 Å². The first-order valence-corrected chi connectivity index (χ1v) is 34.0. The molecule has 0 saturated carbocycles. The van der Waals surface area contributed by atoms with Crippen LogP contribution in [0.3, 0.4) is 0 Å². The zero-order chi connectivity index (χ0) is 65.4. The molecule has 6 nitrogen and oxygen atoms in total. The molecule has 0 saturated heterocycles. The molecule has 2 bridgehead atoms. The molecule has 98 heavy (non-hydrogen) atoms. The quantitative estimate of drug-likeness (QED) is 0.136. The maximum absolute atomic E-state index is 5.34. The van der Waals surface area contributed by atoms with Crippen molar-refractivity contribution in [1.82, 2.24) is 29.9 Å². The first-order chi connectivity index (χ1) is 48.1. The Morgan fingerprint density at radius 1 is 0.194 bits per heavy atom. The fraction of sp³-hybridized carbons (Fsp3) is 0.0870. The van der Waals surface area contributed by atoms with Crippen molar-refractivity contribution in [2.45, 2.75) is 50.4 Å². The van der Waals surface area contributed by atoms with Crippen molar-refractivity contribution >= 4 is 0 Å². The normalized spacial score (nSPS) is 15.1. The lowest BCUT2D eigenvalue weighted by atomic mass is 9.60. The smallest absolute Gasteiger partial charge is 0.164 e. The minimum Gasteiger partial charge on any atom is -0.208 e. The van der Waals surface area contributed by atoms with Gasteiger partial charge >= 0.3 is 0 Å². The van der Waals surface area contributed by atoms with Gasteiger partial charge in [0.1, 0.15) is 0 Å². The minimum atomic E-state index is -0.129. The molecule has 5 aliphatic rings. The number of nitrogens with zero attached hydrogens (tertiary/aromatic N) is 6. The van der Waals surface area contributed by atoms with Crippen LogP contribution in [-0.2, 0) is 10.8 Å². The van der Waals surface area contributed by atoms with Crippen LogP contribution in [0.4, 0.5) is 0 Å². The van der Waals surface area contributed by atoms with E-state index in [1.807, 2.05) is 36.4 Å². The van der Waals surface area contributed by atoms with Crippen LogP contribution in [0, 0.1) is 0 Å². The summed E-state index contributed by atoms with van der Waals surface area (Å²) in [5.41, 5.74) is 33.2. The highest BCUT2D eigenvalue weighted by atomic mass is 15.0. The van der Waals surface area contributed by atoms with E-state index in [0.717, 1.165) is 55.6 Å². The van der Waals surface area contributed by atoms with E-state index < -0.39 is 0 Å². The van der Waals surface area contributed by atoms with Crippen LogP contribution >= 0.6 is 0 Å². The van der Waals surface area contributed by atoms with Crippen LogP contribution in [-0.4, -0.2) is 29.9 Å². The maximum atomic E-state index is 5.34. The highest BCUT2D eigenvalue weighted by molar-refractivity contribution is 5.98. The predicted molar refractivity (Wildman–Crippen MR) is 397 cm³/mol. The molecular weight excluding hydrogens is 1190 g/mol. The molecule has 0 aliphatic heterocycles. The average Bonchev–Trinajstić information content (AvgIpc) is 1.08. The zero-order valence-corrected chi connectivity index (χ0v) is 54.7. The zero-order valence-electron chi connectivity index (χ0n) is 54.7. The number of hydrogen-bond donors (Lipinski definition) is 0. The Hall–Kier alpha value is -12.1. The molecule has 0 spiro atoms. The molecule has 2 aromatic heterocycles. The number of aromatic nitrogens is 6. The Morgan fingerprint density at radius 2 is 0.469 bits per heavy atom. The number of rotatable bonds is 10. The van der Waals surface area contributed by atoms with E-state index in [-0.39, 0.29) is 22.7 Å². The third kappa shape index (κ3) is 9.01. The number of benzene rings is 13. The number of fused-ring (bicyclic) bond motifs is 6. The first-order valence-electron chi connectivity index (χ1n) is 34.0. The van der Waals surface area contributed by atoms with Gasteiger partial charge in [0.05, 0.1) is 0 Å². The topological polar surface area (TPSA) is 77.3 Å². The van der Waals surface area contributed by atoms with Gasteiger partial charge in [-0.05, 0) is 135 Å². The molecule has 15 aromatic rings. The van der Waals surface area contributed by atoms with E-state index >= 15 is 0 Å². The van der Waals surface area contributed by atoms with Crippen molar-refractivity contribution < 1.29 is 0 Å². The van der Waals surface area contributed by atoms with E-state index in [4.69, 9.17) is 29.9 Å². The third-order valence-electron chi connectivity index (χ3n) is 21.5. The van der Waals surface area contributed by atoms with Crippen molar-refractivity contribution in [2.75, 3.05) is 0 Å². The van der Waals surface area contributed by atoms with Gasteiger partial charge in [0.15, 0.2) is 34.9 Å². The minimum absolute atomic E-state index is 0.0883. The van der Waals surface area contributed by atoms with Gasteiger partial charge in [-0.15, -0.1) is 0 Å². The lowest BCUT2D eigenvalue weighted by Crippen LogP contribution is -2.27. The van der Waals surface area contributed by atoms with Crippen molar-refractivity contribution in [3.8, 4) is 135 Å². The summed E-state index contributed by atoms with van der Waals surface area (Å²) in [6.07, 6.45) is 0. The Balaban J connectivity index is 0.641. The van der Waals surface area contributed by atoms with Crippen molar-refractivity contribution in [3.05, 3.63) is 359 Å². The van der Waals surface area contributed by atoms with Crippen molar-refractivity contribution in [2.24, 2.45) is 0 Å². The van der Waals surface area contributed by atoms with Crippen molar-refractivity contribution in [3.63, 3.8) is 0 Å². The second-order valence-electron chi connectivity index (χ2n) is 27.6. The van der Waals surface area contributed by atoms with E-state index in [1.54, 1.807) is 0 Å². The van der Waals surface area contributed by atoms with Crippen LogP contribution in [0.2, 0.25) is 0 Å². The molecule has 2 heterocycles. The lowest BCUT2D eigenvalue weighted by molar-refractivity contribution is 0.660. The van der Waals surface area contributed by atoms with E-state index in [1.165, 1.54) is 100 Å². The monoisotopic (exact) mass is 1250 g/mol. The summed E-state index contributed by atoms with van der Waals surface area (Å²) in [5, 5.41) is 0. The van der Waals surface area contributed by atoms with E-state index in [0.29, 0.717) is 34.9 Å². The summed E-state index contributed by atoms with van der Waals surface area (Å²) in [6, 6.07) is 110. The highest BCUT2D eigenvalue weighted by Gasteiger charge is 2.42. The van der Waals surface area contributed by atoms with Gasteiger partial charge in [-0.1, -0.05) is 319 Å². The van der Waals surface area contributed by atoms with Crippen molar-refractivity contribution in [1.29, 1.82) is 0 Å².